The third-order valence-electron chi connectivity index (χ3n) is 3.46. The summed E-state index contributed by atoms with van der Waals surface area (Å²) in [7, 11) is 3.96. The molecule has 0 aromatic rings. The van der Waals surface area contributed by atoms with Gasteiger partial charge in [-0.2, -0.15) is 0 Å². The quantitative estimate of drug-likeness (QED) is 0.319. The number of hydrogen-bond donors (Lipinski definition) is 4. The van der Waals surface area contributed by atoms with Crippen molar-refractivity contribution in [3.8, 4) is 0 Å². The first-order valence-electron chi connectivity index (χ1n) is 9.05. The molecule has 1 fully saturated rings. The Bertz CT molecular complexity index is 553. The molecule has 170 valence electrons. The Morgan fingerprint density at radius 3 is 1.43 bits per heavy atom. The third-order valence-corrected chi connectivity index (χ3v) is 3.46. The van der Waals surface area contributed by atoms with Gasteiger partial charge in [0.2, 0.25) is 0 Å². The number of ether oxygens (including phenoxy) is 1. The van der Waals surface area contributed by atoms with Crippen LogP contribution in [0.15, 0.2) is 24.3 Å². The van der Waals surface area contributed by atoms with Crippen molar-refractivity contribution in [3.63, 3.8) is 0 Å². The minimum atomic E-state index is -1.26. The summed E-state index contributed by atoms with van der Waals surface area (Å²) in [6.07, 6.45) is 7.94. The number of esters is 1. The molecule has 0 atom stereocenters. The Morgan fingerprint density at radius 2 is 1.13 bits per heavy atom. The van der Waals surface area contributed by atoms with Crippen LogP contribution in [0.3, 0.4) is 0 Å². The van der Waals surface area contributed by atoms with E-state index in [0.717, 1.165) is 19.4 Å². The van der Waals surface area contributed by atoms with Gasteiger partial charge in [-0.25, -0.2) is 19.2 Å². The monoisotopic (exact) mass is 431 g/mol. The molecule has 4 N–H and O–H groups in total. The molecule has 0 radical (unpaired) electrons. The number of carboxylic acid groups (broad SMARTS) is 4. The number of hydrogen-bond acceptors (Lipinski definition) is 7. The first-order valence-corrected chi connectivity index (χ1v) is 9.05. The van der Waals surface area contributed by atoms with E-state index in [0.29, 0.717) is 30.9 Å². The molecular formula is C19H29NO10. The van der Waals surface area contributed by atoms with Gasteiger partial charge in [0, 0.05) is 30.8 Å². The maximum atomic E-state index is 11.5. The van der Waals surface area contributed by atoms with Gasteiger partial charge in [0.1, 0.15) is 6.61 Å². The SMILES string of the molecule is CN(C)CCOC(=O)C1CCCCC1.O=C(O)/C=C/C(=O)O.O=C(O)/C=C/C(=O)O. The minimum absolute atomic E-state index is 0.0200. The molecule has 0 heterocycles. The summed E-state index contributed by atoms with van der Waals surface area (Å²) < 4.78 is 5.21. The van der Waals surface area contributed by atoms with E-state index < -0.39 is 23.9 Å². The lowest BCUT2D eigenvalue weighted by Gasteiger charge is -2.20. The van der Waals surface area contributed by atoms with Gasteiger partial charge >= 0.3 is 29.8 Å². The van der Waals surface area contributed by atoms with Gasteiger partial charge in [-0.1, -0.05) is 19.3 Å². The predicted molar refractivity (Wildman–Crippen MR) is 105 cm³/mol. The lowest BCUT2D eigenvalue weighted by molar-refractivity contribution is -0.150. The molecular weight excluding hydrogens is 402 g/mol. The molecule has 0 saturated heterocycles. The van der Waals surface area contributed by atoms with Gasteiger partial charge in [-0.3, -0.25) is 4.79 Å². The van der Waals surface area contributed by atoms with Gasteiger partial charge in [-0.05, 0) is 26.9 Å². The Hall–Kier alpha value is -3.21. The number of carbonyl (C=O) groups is 5. The van der Waals surface area contributed by atoms with E-state index in [4.69, 9.17) is 25.2 Å². The van der Waals surface area contributed by atoms with Crippen molar-refractivity contribution in [1.29, 1.82) is 0 Å². The van der Waals surface area contributed by atoms with E-state index in [2.05, 4.69) is 0 Å². The smallest absolute Gasteiger partial charge is 0.328 e. The number of likely N-dealkylation sites (N-methyl/N-ethyl adjacent to an activating group) is 1. The summed E-state index contributed by atoms with van der Waals surface area (Å²) in [5.74, 6) is -4.82. The van der Waals surface area contributed by atoms with Crippen LogP contribution in [0.25, 0.3) is 0 Å². The second kappa shape index (κ2) is 17.9. The summed E-state index contributed by atoms with van der Waals surface area (Å²) in [6.45, 7) is 1.35. The average Bonchev–Trinajstić information content (AvgIpc) is 2.66. The molecule has 11 heteroatoms. The summed E-state index contributed by atoms with van der Waals surface area (Å²) in [5, 5.41) is 31.2. The minimum Gasteiger partial charge on any atom is -0.478 e. The fourth-order valence-corrected chi connectivity index (χ4v) is 2.07. The molecule has 0 amide bonds. The van der Waals surface area contributed by atoms with Gasteiger partial charge < -0.3 is 30.1 Å². The van der Waals surface area contributed by atoms with Crippen LogP contribution in [0.2, 0.25) is 0 Å². The zero-order chi connectivity index (χ0) is 23.5. The summed E-state index contributed by atoms with van der Waals surface area (Å²) in [6, 6.07) is 0. The second-order valence-corrected chi connectivity index (χ2v) is 6.33. The summed E-state index contributed by atoms with van der Waals surface area (Å²) in [5.41, 5.74) is 0. The van der Waals surface area contributed by atoms with Crippen LogP contribution in [-0.4, -0.2) is 82.4 Å². The molecule has 0 spiro atoms. The predicted octanol–water partition coefficient (Wildman–Crippen LogP) is 1.10. The van der Waals surface area contributed by atoms with Crippen LogP contribution in [-0.2, 0) is 28.7 Å². The van der Waals surface area contributed by atoms with E-state index >= 15 is 0 Å². The van der Waals surface area contributed by atoms with Gasteiger partial charge in [0.15, 0.2) is 0 Å². The van der Waals surface area contributed by atoms with Crippen LogP contribution in [0.1, 0.15) is 32.1 Å². The molecule has 0 unspecified atom stereocenters. The first-order chi connectivity index (χ1) is 14.0. The lowest BCUT2D eigenvalue weighted by Crippen LogP contribution is -2.25. The van der Waals surface area contributed by atoms with Crippen LogP contribution < -0.4 is 0 Å². The largest absolute Gasteiger partial charge is 0.478 e. The van der Waals surface area contributed by atoms with Crippen LogP contribution in [0.5, 0.6) is 0 Å². The molecule has 1 aliphatic carbocycles. The molecule has 1 aliphatic rings. The van der Waals surface area contributed by atoms with E-state index in [1.165, 1.54) is 19.3 Å². The van der Waals surface area contributed by atoms with Gasteiger partial charge in [0.25, 0.3) is 0 Å². The van der Waals surface area contributed by atoms with Crippen molar-refractivity contribution in [2.24, 2.45) is 5.92 Å². The molecule has 0 aromatic carbocycles. The van der Waals surface area contributed by atoms with Crippen molar-refractivity contribution in [1.82, 2.24) is 4.90 Å². The number of nitrogens with zero attached hydrogens (tertiary/aromatic N) is 1. The molecule has 1 rings (SSSR count). The molecule has 30 heavy (non-hydrogen) atoms. The van der Waals surface area contributed by atoms with Crippen molar-refractivity contribution >= 4 is 29.8 Å². The summed E-state index contributed by atoms with van der Waals surface area (Å²) in [4.78, 5) is 51.8. The van der Waals surface area contributed by atoms with Gasteiger partial charge in [0.05, 0.1) is 5.92 Å². The molecule has 11 nitrogen and oxygen atoms in total. The Labute approximate surface area is 174 Å². The van der Waals surface area contributed by atoms with Crippen LogP contribution >= 0.6 is 0 Å². The van der Waals surface area contributed by atoms with Gasteiger partial charge in [-0.15, -0.1) is 0 Å². The standard InChI is InChI=1S/C11H21NO2.2C4H4O4/c1-12(2)8-9-14-11(13)10-6-4-3-5-7-10;2*5-3(6)1-2-4(7)8/h10H,3-9H2,1-2H3;2*1-2H,(H,5,6)(H,7,8)/b;2*2-1+. The summed E-state index contributed by atoms with van der Waals surface area (Å²) >= 11 is 0. The zero-order valence-corrected chi connectivity index (χ0v) is 17.0. The van der Waals surface area contributed by atoms with Crippen LogP contribution in [0, 0.1) is 5.92 Å². The van der Waals surface area contributed by atoms with E-state index in [9.17, 15) is 24.0 Å². The van der Waals surface area contributed by atoms with E-state index in [-0.39, 0.29) is 11.9 Å². The topological polar surface area (TPSA) is 179 Å². The number of carboxylic acids is 4. The van der Waals surface area contributed by atoms with Crippen molar-refractivity contribution in [2.75, 3.05) is 27.2 Å². The van der Waals surface area contributed by atoms with E-state index in [1.54, 1.807) is 0 Å². The second-order valence-electron chi connectivity index (χ2n) is 6.33. The fraction of sp³-hybridized carbons (Fsp3) is 0.526. The maximum Gasteiger partial charge on any atom is 0.328 e. The number of aliphatic carboxylic acids is 4. The van der Waals surface area contributed by atoms with Crippen molar-refractivity contribution in [3.05, 3.63) is 24.3 Å². The first kappa shape index (κ1) is 29.0. The van der Waals surface area contributed by atoms with Crippen molar-refractivity contribution < 1.29 is 49.1 Å². The van der Waals surface area contributed by atoms with Crippen LogP contribution in [0.4, 0.5) is 0 Å². The number of rotatable bonds is 8. The van der Waals surface area contributed by atoms with E-state index in [1.807, 2.05) is 19.0 Å². The maximum absolute atomic E-state index is 11.5. The Morgan fingerprint density at radius 1 is 0.767 bits per heavy atom. The molecule has 0 aromatic heterocycles. The highest BCUT2D eigenvalue weighted by molar-refractivity contribution is 5.90. The third kappa shape index (κ3) is 22.8. The highest BCUT2D eigenvalue weighted by atomic mass is 16.5. The molecule has 1 saturated carbocycles. The lowest BCUT2D eigenvalue weighted by atomic mass is 9.89. The Balaban J connectivity index is 0. The average molecular weight is 431 g/mol. The highest BCUT2D eigenvalue weighted by Gasteiger charge is 2.22. The number of carbonyl (C=O) groups excluding carboxylic acids is 1. The fourth-order valence-electron chi connectivity index (χ4n) is 2.07. The molecule has 0 aliphatic heterocycles. The molecule has 0 bridgehead atoms. The van der Waals surface area contributed by atoms with Crippen molar-refractivity contribution in [2.45, 2.75) is 32.1 Å². The highest BCUT2D eigenvalue weighted by Crippen LogP contribution is 2.24. The zero-order valence-electron chi connectivity index (χ0n) is 17.0. The Kier molecular flexibility index (Phi) is 17.3. The normalized spacial score (nSPS) is 13.7.